The van der Waals surface area contributed by atoms with Crippen molar-refractivity contribution in [3.63, 3.8) is 0 Å². The van der Waals surface area contributed by atoms with Crippen molar-refractivity contribution in [2.45, 2.75) is 23.8 Å². The van der Waals surface area contributed by atoms with Gasteiger partial charge in [-0.3, -0.25) is 0 Å². The van der Waals surface area contributed by atoms with Gasteiger partial charge in [-0.25, -0.2) is 18.7 Å². The van der Waals surface area contributed by atoms with Crippen molar-refractivity contribution >= 4 is 17.7 Å². The molecule has 0 atom stereocenters. The molecule has 0 aliphatic rings. The van der Waals surface area contributed by atoms with E-state index < -0.39 is 11.6 Å². The van der Waals surface area contributed by atoms with Gasteiger partial charge in [0, 0.05) is 23.2 Å². The second-order valence-electron chi connectivity index (χ2n) is 3.89. The predicted octanol–water partition coefficient (Wildman–Crippen LogP) is 3.65. The summed E-state index contributed by atoms with van der Waals surface area (Å²) in [6.07, 6.45) is 1.70. The molecule has 100 valence electrons. The van der Waals surface area contributed by atoms with Crippen molar-refractivity contribution in [3.05, 3.63) is 41.6 Å². The Kier molecular flexibility index (Phi) is 4.31. The van der Waals surface area contributed by atoms with Gasteiger partial charge in [-0.2, -0.15) is 0 Å². The number of rotatable bonds is 4. The number of nitrogens with zero attached hydrogens (tertiary/aromatic N) is 2. The van der Waals surface area contributed by atoms with Crippen LogP contribution in [0.25, 0.3) is 0 Å². The molecule has 0 saturated carbocycles. The second kappa shape index (κ2) is 5.97. The molecule has 1 aromatic carbocycles. The third kappa shape index (κ3) is 3.41. The Morgan fingerprint density at radius 2 is 2.05 bits per heavy atom. The van der Waals surface area contributed by atoms with Gasteiger partial charge in [0.15, 0.2) is 11.6 Å². The molecule has 1 N–H and O–H groups in total. The van der Waals surface area contributed by atoms with Crippen LogP contribution in [0.1, 0.15) is 12.5 Å². The Balaban J connectivity index is 2.26. The number of hydrogen-bond acceptors (Lipinski definition) is 4. The molecule has 0 aliphatic carbocycles. The van der Waals surface area contributed by atoms with Gasteiger partial charge in [0.05, 0.1) is 0 Å². The minimum Gasteiger partial charge on any atom is -0.354 e. The first-order chi connectivity index (χ1) is 9.10. The van der Waals surface area contributed by atoms with Crippen LogP contribution in [0, 0.1) is 18.6 Å². The summed E-state index contributed by atoms with van der Waals surface area (Å²) in [5, 5.41) is 3.73. The Hall–Kier alpha value is -1.69. The third-order valence-electron chi connectivity index (χ3n) is 2.37. The highest BCUT2D eigenvalue weighted by atomic mass is 32.2. The zero-order valence-corrected chi connectivity index (χ0v) is 11.4. The van der Waals surface area contributed by atoms with E-state index in [4.69, 9.17) is 0 Å². The van der Waals surface area contributed by atoms with Gasteiger partial charge in [-0.15, -0.1) is 0 Å². The van der Waals surface area contributed by atoms with Crippen LogP contribution >= 0.6 is 11.8 Å². The van der Waals surface area contributed by atoms with E-state index in [9.17, 15) is 8.78 Å². The second-order valence-corrected chi connectivity index (χ2v) is 4.95. The Bertz CT molecular complexity index is 590. The first-order valence-electron chi connectivity index (χ1n) is 5.80. The molecular formula is C13H13F2N3S. The molecule has 2 rings (SSSR count). The standard InChI is InChI=1S/C13H13F2N3S/c1-3-16-13-17-7-8(2)12(18-13)19-9-4-5-10(14)11(15)6-9/h4-7H,3H2,1-2H3,(H,16,17,18). The highest BCUT2D eigenvalue weighted by Crippen LogP contribution is 2.29. The van der Waals surface area contributed by atoms with E-state index in [1.165, 1.54) is 17.8 Å². The lowest BCUT2D eigenvalue weighted by Crippen LogP contribution is -2.03. The number of nitrogens with one attached hydrogen (secondary N) is 1. The maximum atomic E-state index is 13.1. The van der Waals surface area contributed by atoms with E-state index in [0.717, 1.165) is 29.3 Å². The highest BCUT2D eigenvalue weighted by molar-refractivity contribution is 7.99. The summed E-state index contributed by atoms with van der Waals surface area (Å²) in [5.41, 5.74) is 0.886. The summed E-state index contributed by atoms with van der Waals surface area (Å²) < 4.78 is 26.0. The highest BCUT2D eigenvalue weighted by Gasteiger charge is 2.08. The van der Waals surface area contributed by atoms with Crippen LogP contribution in [-0.4, -0.2) is 16.5 Å². The summed E-state index contributed by atoms with van der Waals surface area (Å²) in [5.74, 6) is -1.18. The Morgan fingerprint density at radius 1 is 1.26 bits per heavy atom. The lowest BCUT2D eigenvalue weighted by Gasteiger charge is -2.07. The van der Waals surface area contributed by atoms with Crippen molar-refractivity contribution in [3.8, 4) is 0 Å². The number of benzene rings is 1. The van der Waals surface area contributed by atoms with Gasteiger partial charge >= 0.3 is 0 Å². The average Bonchev–Trinajstić information content (AvgIpc) is 2.38. The number of aromatic nitrogens is 2. The van der Waals surface area contributed by atoms with Crippen LogP contribution in [0.3, 0.4) is 0 Å². The van der Waals surface area contributed by atoms with E-state index >= 15 is 0 Å². The van der Waals surface area contributed by atoms with Gasteiger partial charge in [0.2, 0.25) is 5.95 Å². The monoisotopic (exact) mass is 281 g/mol. The lowest BCUT2D eigenvalue weighted by atomic mass is 10.3. The van der Waals surface area contributed by atoms with Crippen LogP contribution in [0.2, 0.25) is 0 Å². The van der Waals surface area contributed by atoms with Crippen LogP contribution in [-0.2, 0) is 0 Å². The van der Waals surface area contributed by atoms with Crippen molar-refractivity contribution in [1.29, 1.82) is 0 Å². The normalized spacial score (nSPS) is 10.5. The molecule has 19 heavy (non-hydrogen) atoms. The summed E-state index contributed by atoms with van der Waals surface area (Å²) in [4.78, 5) is 9.07. The zero-order chi connectivity index (χ0) is 13.8. The maximum absolute atomic E-state index is 13.1. The number of halogens is 2. The predicted molar refractivity (Wildman–Crippen MR) is 71.4 cm³/mol. The molecule has 0 saturated heterocycles. The van der Waals surface area contributed by atoms with E-state index in [0.29, 0.717) is 10.8 Å². The SMILES string of the molecule is CCNc1ncc(C)c(Sc2ccc(F)c(F)c2)n1. The summed E-state index contributed by atoms with van der Waals surface area (Å²) in [7, 11) is 0. The molecule has 0 radical (unpaired) electrons. The van der Waals surface area contributed by atoms with Crippen molar-refractivity contribution in [2.24, 2.45) is 0 Å². The zero-order valence-electron chi connectivity index (χ0n) is 10.6. The molecule has 0 bridgehead atoms. The van der Waals surface area contributed by atoms with Gasteiger partial charge in [0.1, 0.15) is 5.03 Å². The van der Waals surface area contributed by atoms with Crippen LogP contribution in [0.5, 0.6) is 0 Å². The minimum absolute atomic E-state index is 0.526. The van der Waals surface area contributed by atoms with Gasteiger partial charge in [-0.1, -0.05) is 11.8 Å². The topological polar surface area (TPSA) is 37.8 Å². The number of aryl methyl sites for hydroxylation is 1. The number of hydrogen-bond donors (Lipinski definition) is 1. The fraction of sp³-hybridized carbons (Fsp3) is 0.231. The van der Waals surface area contributed by atoms with Crippen LogP contribution in [0.15, 0.2) is 34.3 Å². The first-order valence-corrected chi connectivity index (χ1v) is 6.62. The van der Waals surface area contributed by atoms with Crippen LogP contribution in [0.4, 0.5) is 14.7 Å². The first kappa shape index (κ1) is 13.7. The molecule has 0 fully saturated rings. The van der Waals surface area contributed by atoms with Crippen LogP contribution < -0.4 is 5.32 Å². The molecule has 3 nitrogen and oxygen atoms in total. The maximum Gasteiger partial charge on any atom is 0.223 e. The quantitative estimate of drug-likeness (QED) is 0.868. The van der Waals surface area contributed by atoms with Gasteiger partial charge < -0.3 is 5.32 Å². The van der Waals surface area contributed by atoms with Crippen molar-refractivity contribution < 1.29 is 8.78 Å². The van der Waals surface area contributed by atoms with E-state index in [1.54, 1.807) is 6.20 Å². The fourth-order valence-corrected chi connectivity index (χ4v) is 2.29. The molecule has 0 spiro atoms. The lowest BCUT2D eigenvalue weighted by molar-refractivity contribution is 0.506. The molecule has 2 aromatic rings. The summed E-state index contributed by atoms with van der Waals surface area (Å²) in [6.45, 7) is 4.54. The van der Waals surface area contributed by atoms with Gasteiger partial charge in [0.25, 0.3) is 0 Å². The molecular weight excluding hydrogens is 268 g/mol. The summed E-state index contributed by atoms with van der Waals surface area (Å²) >= 11 is 1.28. The minimum atomic E-state index is -0.858. The molecule has 0 unspecified atom stereocenters. The fourth-order valence-electron chi connectivity index (χ4n) is 1.42. The molecule has 1 heterocycles. The average molecular weight is 281 g/mol. The Labute approximate surface area is 114 Å². The summed E-state index contributed by atoms with van der Waals surface area (Å²) in [6, 6.07) is 3.80. The molecule has 1 aromatic heterocycles. The van der Waals surface area contributed by atoms with Gasteiger partial charge in [-0.05, 0) is 32.0 Å². The van der Waals surface area contributed by atoms with E-state index in [2.05, 4.69) is 15.3 Å². The Morgan fingerprint density at radius 3 is 2.74 bits per heavy atom. The molecule has 6 heteroatoms. The third-order valence-corrected chi connectivity index (χ3v) is 3.46. The molecule has 0 aliphatic heterocycles. The largest absolute Gasteiger partial charge is 0.354 e. The molecule has 0 amide bonds. The van der Waals surface area contributed by atoms with Crippen molar-refractivity contribution in [2.75, 3.05) is 11.9 Å². The smallest absolute Gasteiger partial charge is 0.223 e. The van der Waals surface area contributed by atoms with E-state index in [1.807, 2.05) is 13.8 Å². The van der Waals surface area contributed by atoms with E-state index in [-0.39, 0.29) is 0 Å². The number of anilines is 1. The van der Waals surface area contributed by atoms with Crippen molar-refractivity contribution in [1.82, 2.24) is 9.97 Å².